The number of hydrogen-bond acceptors (Lipinski definition) is 2. The Kier molecular flexibility index (Phi) is 6.60. The standard InChI is InChI=1S/C25H28Cl3N3O2/c1-24(2,3)30-23(33)31-25-11-10-18(17-9-8-16(27)12-20(17)28)21(19(25)13-29-22(25)32)14-4-6-15(26)7-5-14/h4-9,12,18-19,21H,10-11,13H2,1-3H3,(H,29,32)(H2,30,31,33)/t18-,19-,21-,25-/m0/s1. The van der Waals surface area contributed by atoms with Crippen LogP contribution in [0.15, 0.2) is 42.5 Å². The summed E-state index contributed by atoms with van der Waals surface area (Å²) in [6, 6.07) is 12.9. The van der Waals surface area contributed by atoms with Gasteiger partial charge in [0, 0.05) is 33.1 Å². The van der Waals surface area contributed by atoms with Gasteiger partial charge in [-0.2, -0.15) is 0 Å². The number of nitrogens with one attached hydrogen (secondary N) is 3. The highest BCUT2D eigenvalue weighted by molar-refractivity contribution is 6.35. The van der Waals surface area contributed by atoms with E-state index in [0.29, 0.717) is 34.5 Å². The van der Waals surface area contributed by atoms with Crippen LogP contribution < -0.4 is 16.0 Å². The van der Waals surface area contributed by atoms with Crippen molar-refractivity contribution in [1.82, 2.24) is 16.0 Å². The molecule has 3 N–H and O–H groups in total. The monoisotopic (exact) mass is 507 g/mol. The number of rotatable bonds is 3. The van der Waals surface area contributed by atoms with Crippen LogP contribution in [0, 0.1) is 5.92 Å². The van der Waals surface area contributed by atoms with E-state index in [1.165, 1.54) is 0 Å². The Balaban J connectivity index is 1.77. The summed E-state index contributed by atoms with van der Waals surface area (Å²) in [7, 11) is 0. The van der Waals surface area contributed by atoms with E-state index < -0.39 is 11.1 Å². The Morgan fingerprint density at radius 1 is 1.06 bits per heavy atom. The molecule has 0 spiro atoms. The topological polar surface area (TPSA) is 70.2 Å². The molecule has 4 atom stereocenters. The zero-order chi connectivity index (χ0) is 24.0. The number of hydrogen-bond donors (Lipinski definition) is 3. The van der Waals surface area contributed by atoms with Crippen molar-refractivity contribution in [2.24, 2.45) is 5.92 Å². The van der Waals surface area contributed by atoms with Crippen molar-refractivity contribution in [2.45, 2.75) is 56.5 Å². The number of halogens is 3. The van der Waals surface area contributed by atoms with Crippen LogP contribution >= 0.6 is 34.8 Å². The highest BCUT2D eigenvalue weighted by atomic mass is 35.5. The van der Waals surface area contributed by atoms with Gasteiger partial charge in [0.1, 0.15) is 5.54 Å². The highest BCUT2D eigenvalue weighted by Crippen LogP contribution is 2.54. The molecule has 33 heavy (non-hydrogen) atoms. The summed E-state index contributed by atoms with van der Waals surface area (Å²) < 4.78 is 0. The van der Waals surface area contributed by atoms with Gasteiger partial charge in [-0.1, -0.05) is 53.0 Å². The molecule has 2 aliphatic rings. The second-order valence-electron chi connectivity index (χ2n) is 10.0. The smallest absolute Gasteiger partial charge is 0.316 e. The first kappa shape index (κ1) is 24.2. The Morgan fingerprint density at radius 2 is 1.73 bits per heavy atom. The predicted molar refractivity (Wildman–Crippen MR) is 133 cm³/mol. The Hall–Kier alpha value is -1.95. The lowest BCUT2D eigenvalue weighted by molar-refractivity contribution is -0.126. The van der Waals surface area contributed by atoms with Crippen molar-refractivity contribution in [2.75, 3.05) is 6.54 Å². The van der Waals surface area contributed by atoms with Gasteiger partial charge < -0.3 is 16.0 Å². The molecule has 2 aromatic carbocycles. The number of amides is 3. The van der Waals surface area contributed by atoms with Crippen LogP contribution in [0.25, 0.3) is 0 Å². The van der Waals surface area contributed by atoms with Crippen LogP contribution in [-0.2, 0) is 4.79 Å². The maximum absolute atomic E-state index is 13.2. The number of carbonyl (C=O) groups excluding carboxylic acids is 2. The molecular weight excluding hydrogens is 481 g/mol. The average Bonchev–Trinajstić information content (AvgIpc) is 3.03. The summed E-state index contributed by atoms with van der Waals surface area (Å²) in [5, 5.41) is 10.8. The Morgan fingerprint density at radius 3 is 2.36 bits per heavy atom. The van der Waals surface area contributed by atoms with Crippen LogP contribution in [0.1, 0.15) is 56.6 Å². The van der Waals surface area contributed by atoms with Crippen LogP contribution in [0.2, 0.25) is 15.1 Å². The summed E-state index contributed by atoms with van der Waals surface area (Å²) in [5.74, 6) is -0.323. The molecule has 0 aromatic heterocycles. The quantitative estimate of drug-likeness (QED) is 0.484. The van der Waals surface area contributed by atoms with Gasteiger partial charge in [0.25, 0.3) is 0 Å². The van der Waals surface area contributed by atoms with Crippen molar-refractivity contribution in [3.8, 4) is 0 Å². The molecular formula is C25H28Cl3N3O2. The van der Waals surface area contributed by atoms with Crippen LogP contribution in [0.5, 0.6) is 0 Å². The zero-order valence-corrected chi connectivity index (χ0v) is 21.1. The molecule has 3 amide bonds. The summed E-state index contributed by atoms with van der Waals surface area (Å²) in [6.07, 6.45) is 1.18. The molecule has 0 radical (unpaired) electrons. The zero-order valence-electron chi connectivity index (χ0n) is 18.8. The van der Waals surface area contributed by atoms with Gasteiger partial charge in [-0.15, -0.1) is 0 Å². The summed E-state index contributed by atoms with van der Waals surface area (Å²) in [6.45, 7) is 6.19. The van der Waals surface area contributed by atoms with Crippen molar-refractivity contribution in [3.63, 3.8) is 0 Å². The first-order valence-corrected chi connectivity index (χ1v) is 12.2. The lowest BCUT2D eigenvalue weighted by atomic mass is 9.60. The van der Waals surface area contributed by atoms with Gasteiger partial charge >= 0.3 is 6.03 Å². The summed E-state index contributed by atoms with van der Waals surface area (Å²) in [4.78, 5) is 26.1. The number of urea groups is 1. The molecule has 1 heterocycles. The van der Waals surface area contributed by atoms with Crippen LogP contribution in [0.3, 0.4) is 0 Å². The molecule has 2 fully saturated rings. The maximum Gasteiger partial charge on any atom is 0.316 e. The maximum atomic E-state index is 13.2. The van der Waals surface area contributed by atoms with Crippen LogP contribution in [-0.4, -0.2) is 29.6 Å². The molecule has 8 heteroatoms. The molecule has 1 saturated carbocycles. The normalized spacial score (nSPS) is 27.0. The highest BCUT2D eigenvalue weighted by Gasteiger charge is 2.58. The van der Waals surface area contributed by atoms with Crippen LogP contribution in [0.4, 0.5) is 4.79 Å². The van der Waals surface area contributed by atoms with Gasteiger partial charge in [0.15, 0.2) is 0 Å². The largest absolute Gasteiger partial charge is 0.354 e. The SMILES string of the molecule is CC(C)(C)NC(=O)N[C@@]12CC[C@@H](c3ccc(Cl)cc3Cl)[C@H](c3ccc(Cl)cc3)[C@@H]1CNC2=O. The molecule has 1 saturated heterocycles. The van der Waals surface area contributed by atoms with E-state index >= 15 is 0 Å². The van der Waals surface area contributed by atoms with E-state index in [4.69, 9.17) is 34.8 Å². The Labute approximate surface area is 209 Å². The second-order valence-corrected chi connectivity index (χ2v) is 11.3. The van der Waals surface area contributed by atoms with E-state index in [-0.39, 0.29) is 29.7 Å². The number of carbonyl (C=O) groups is 2. The number of fused-ring (bicyclic) bond motifs is 1. The fourth-order valence-electron chi connectivity index (χ4n) is 5.37. The Bertz CT molecular complexity index is 1070. The minimum absolute atomic E-state index is 0.0502. The molecule has 0 bridgehead atoms. The fraction of sp³-hybridized carbons (Fsp3) is 0.440. The molecule has 2 aromatic rings. The van der Waals surface area contributed by atoms with Gasteiger partial charge in [0.05, 0.1) is 0 Å². The van der Waals surface area contributed by atoms with E-state index in [9.17, 15) is 9.59 Å². The third kappa shape index (κ3) is 4.82. The van der Waals surface area contributed by atoms with Crippen molar-refractivity contribution < 1.29 is 9.59 Å². The van der Waals surface area contributed by atoms with Crippen molar-refractivity contribution in [3.05, 3.63) is 68.7 Å². The molecule has 1 aliphatic heterocycles. The number of benzene rings is 2. The predicted octanol–water partition coefficient (Wildman–Crippen LogP) is 5.89. The average molecular weight is 509 g/mol. The second kappa shape index (κ2) is 9.01. The summed E-state index contributed by atoms with van der Waals surface area (Å²) >= 11 is 19.0. The van der Waals surface area contributed by atoms with E-state index in [1.807, 2.05) is 57.2 Å². The fourth-order valence-corrected chi connectivity index (χ4v) is 6.04. The van der Waals surface area contributed by atoms with E-state index in [2.05, 4.69) is 16.0 Å². The lowest BCUT2D eigenvalue weighted by Gasteiger charge is -2.47. The van der Waals surface area contributed by atoms with Crippen molar-refractivity contribution in [1.29, 1.82) is 0 Å². The van der Waals surface area contributed by atoms with Gasteiger partial charge in [0.2, 0.25) is 5.91 Å². The molecule has 4 rings (SSSR count). The minimum atomic E-state index is -1.00. The summed E-state index contributed by atoms with van der Waals surface area (Å²) in [5.41, 5.74) is 0.622. The molecule has 1 aliphatic carbocycles. The third-order valence-corrected chi connectivity index (χ3v) is 7.49. The van der Waals surface area contributed by atoms with E-state index in [1.54, 1.807) is 6.07 Å². The van der Waals surface area contributed by atoms with Crippen molar-refractivity contribution >= 4 is 46.7 Å². The van der Waals surface area contributed by atoms with E-state index in [0.717, 1.165) is 11.1 Å². The molecule has 0 unspecified atom stereocenters. The third-order valence-electron chi connectivity index (χ3n) is 6.68. The first-order chi connectivity index (χ1) is 15.5. The molecule has 176 valence electrons. The van der Waals surface area contributed by atoms with Gasteiger partial charge in [-0.05, 0) is 80.8 Å². The molecule has 5 nitrogen and oxygen atoms in total. The van der Waals surface area contributed by atoms with Gasteiger partial charge in [-0.25, -0.2) is 4.79 Å². The van der Waals surface area contributed by atoms with Gasteiger partial charge in [-0.3, -0.25) is 4.79 Å². The lowest BCUT2D eigenvalue weighted by Crippen LogP contribution is -2.64. The minimum Gasteiger partial charge on any atom is -0.354 e. The first-order valence-electron chi connectivity index (χ1n) is 11.1.